The van der Waals surface area contributed by atoms with Crippen molar-refractivity contribution in [3.63, 3.8) is 0 Å². The van der Waals surface area contributed by atoms with Gasteiger partial charge < -0.3 is 5.32 Å². The quantitative estimate of drug-likeness (QED) is 0.883. The normalized spacial score (nSPS) is 38.1. The number of carbonyl (C=O) groups is 1. The highest BCUT2D eigenvalue weighted by molar-refractivity contribution is 5.83. The summed E-state index contributed by atoms with van der Waals surface area (Å²) in [7, 11) is 0. The Kier molecular flexibility index (Phi) is 3.15. The predicted molar refractivity (Wildman–Crippen MR) is 90.9 cm³/mol. The number of halogens is 1. The molecule has 0 heterocycles. The Morgan fingerprint density at radius 1 is 1.00 bits per heavy atom. The lowest BCUT2D eigenvalue weighted by molar-refractivity contribution is -0.146. The third-order valence-corrected chi connectivity index (χ3v) is 7.42. The van der Waals surface area contributed by atoms with Crippen LogP contribution >= 0.6 is 0 Å². The molecule has 0 aliphatic heterocycles. The molecular formula is C21H26FNO. The van der Waals surface area contributed by atoms with Crippen LogP contribution in [0.3, 0.4) is 0 Å². The SMILES string of the molecule is O=C(NCC1(c2ccc(F)cc2)CC1)C12CC3CC(CC(C3)C1)C2. The van der Waals surface area contributed by atoms with Crippen molar-refractivity contribution < 1.29 is 9.18 Å². The topological polar surface area (TPSA) is 29.1 Å². The number of carbonyl (C=O) groups excluding carboxylic acids is 1. The third-order valence-electron chi connectivity index (χ3n) is 7.42. The fourth-order valence-corrected chi connectivity index (χ4v) is 6.35. The zero-order chi connectivity index (χ0) is 16.4. The van der Waals surface area contributed by atoms with Gasteiger partial charge >= 0.3 is 0 Å². The van der Waals surface area contributed by atoms with Gasteiger partial charge in [-0.25, -0.2) is 4.39 Å². The van der Waals surface area contributed by atoms with Gasteiger partial charge in [-0.15, -0.1) is 0 Å². The van der Waals surface area contributed by atoms with Crippen molar-refractivity contribution in [1.82, 2.24) is 5.32 Å². The van der Waals surface area contributed by atoms with Gasteiger partial charge in [0.2, 0.25) is 5.91 Å². The summed E-state index contributed by atoms with van der Waals surface area (Å²) in [6.07, 6.45) is 9.65. The Hall–Kier alpha value is -1.38. The minimum absolute atomic E-state index is 0.0612. The van der Waals surface area contributed by atoms with Crippen molar-refractivity contribution in [2.24, 2.45) is 23.2 Å². The Morgan fingerprint density at radius 2 is 1.54 bits per heavy atom. The lowest BCUT2D eigenvalue weighted by Gasteiger charge is -2.55. The molecular weight excluding hydrogens is 301 g/mol. The molecule has 5 aliphatic rings. The summed E-state index contributed by atoms with van der Waals surface area (Å²) in [6, 6.07) is 6.85. The van der Waals surface area contributed by atoms with Crippen LogP contribution in [-0.4, -0.2) is 12.5 Å². The van der Waals surface area contributed by atoms with E-state index in [2.05, 4.69) is 5.32 Å². The van der Waals surface area contributed by atoms with Crippen LogP contribution in [0, 0.1) is 29.0 Å². The average Bonchev–Trinajstić information content (AvgIpc) is 3.33. The second-order valence-corrected chi connectivity index (χ2v) is 9.17. The Balaban J connectivity index is 1.29. The van der Waals surface area contributed by atoms with Gasteiger partial charge in [-0.3, -0.25) is 4.79 Å². The second-order valence-electron chi connectivity index (χ2n) is 9.17. The van der Waals surface area contributed by atoms with E-state index in [1.165, 1.54) is 37.0 Å². The van der Waals surface area contributed by atoms with Gasteiger partial charge in [0.25, 0.3) is 0 Å². The summed E-state index contributed by atoms with van der Waals surface area (Å²) in [5.41, 5.74) is 1.17. The van der Waals surface area contributed by atoms with E-state index in [9.17, 15) is 9.18 Å². The summed E-state index contributed by atoms with van der Waals surface area (Å²) < 4.78 is 13.2. The van der Waals surface area contributed by atoms with Crippen LogP contribution in [0.2, 0.25) is 0 Å². The van der Waals surface area contributed by atoms with Crippen LogP contribution < -0.4 is 5.32 Å². The Morgan fingerprint density at radius 3 is 2.04 bits per heavy atom. The molecule has 3 heteroatoms. The molecule has 0 radical (unpaired) electrons. The van der Waals surface area contributed by atoms with Crippen LogP contribution in [0.4, 0.5) is 4.39 Å². The Labute approximate surface area is 143 Å². The predicted octanol–water partition coefficient (Wildman–Crippen LogP) is 4.19. The van der Waals surface area contributed by atoms with Crippen molar-refractivity contribution >= 4 is 5.91 Å². The summed E-state index contributed by atoms with van der Waals surface area (Å²) >= 11 is 0. The molecule has 128 valence electrons. The number of amides is 1. The molecule has 4 bridgehead atoms. The molecule has 5 saturated carbocycles. The highest BCUT2D eigenvalue weighted by atomic mass is 19.1. The molecule has 1 amide bonds. The molecule has 1 aromatic carbocycles. The first-order valence-electron chi connectivity index (χ1n) is 9.61. The smallest absolute Gasteiger partial charge is 0.226 e. The van der Waals surface area contributed by atoms with Gasteiger partial charge in [-0.05, 0) is 86.8 Å². The maximum Gasteiger partial charge on any atom is 0.226 e. The van der Waals surface area contributed by atoms with Crippen LogP contribution in [0.25, 0.3) is 0 Å². The van der Waals surface area contributed by atoms with Crippen molar-refractivity contribution in [3.05, 3.63) is 35.6 Å². The maximum absolute atomic E-state index is 13.2. The van der Waals surface area contributed by atoms with Crippen molar-refractivity contribution in [2.75, 3.05) is 6.54 Å². The van der Waals surface area contributed by atoms with E-state index in [1.54, 1.807) is 0 Å². The van der Waals surface area contributed by atoms with Gasteiger partial charge in [0.15, 0.2) is 0 Å². The highest BCUT2D eigenvalue weighted by Crippen LogP contribution is 2.60. The summed E-state index contributed by atoms with van der Waals surface area (Å²) in [5.74, 6) is 2.53. The van der Waals surface area contributed by atoms with E-state index in [4.69, 9.17) is 0 Å². The molecule has 0 saturated heterocycles. The van der Waals surface area contributed by atoms with Crippen molar-refractivity contribution in [2.45, 2.75) is 56.8 Å². The highest BCUT2D eigenvalue weighted by Gasteiger charge is 2.55. The summed E-state index contributed by atoms with van der Waals surface area (Å²) in [6.45, 7) is 0.721. The molecule has 0 spiro atoms. The second kappa shape index (κ2) is 5.06. The molecule has 5 fully saturated rings. The van der Waals surface area contributed by atoms with Crippen LogP contribution in [0.15, 0.2) is 24.3 Å². The maximum atomic E-state index is 13.2. The van der Waals surface area contributed by atoms with E-state index in [1.807, 2.05) is 12.1 Å². The number of benzene rings is 1. The molecule has 5 aliphatic carbocycles. The molecule has 1 N–H and O–H groups in total. The van der Waals surface area contributed by atoms with E-state index < -0.39 is 0 Å². The molecule has 0 unspecified atom stereocenters. The fourth-order valence-electron chi connectivity index (χ4n) is 6.35. The molecule has 0 atom stereocenters. The van der Waals surface area contributed by atoms with E-state index in [-0.39, 0.29) is 16.6 Å². The number of hydrogen-bond acceptors (Lipinski definition) is 1. The molecule has 6 rings (SSSR count). The van der Waals surface area contributed by atoms with Crippen LogP contribution in [0.1, 0.15) is 56.9 Å². The number of hydrogen-bond donors (Lipinski definition) is 1. The van der Waals surface area contributed by atoms with Crippen molar-refractivity contribution in [3.8, 4) is 0 Å². The van der Waals surface area contributed by atoms with Gasteiger partial charge in [-0.2, -0.15) is 0 Å². The van der Waals surface area contributed by atoms with Gasteiger partial charge in [-0.1, -0.05) is 12.1 Å². The lowest BCUT2D eigenvalue weighted by atomic mass is 9.49. The van der Waals surface area contributed by atoms with Gasteiger partial charge in [0.1, 0.15) is 5.82 Å². The first-order chi connectivity index (χ1) is 11.6. The minimum atomic E-state index is -0.188. The standard InChI is InChI=1S/C21H26FNO/c22-18-3-1-17(2-4-18)20(5-6-20)13-23-19(24)21-10-14-7-15(11-21)9-16(8-14)12-21/h1-4,14-16H,5-13H2,(H,23,24). The monoisotopic (exact) mass is 327 g/mol. The number of rotatable bonds is 4. The molecule has 1 aromatic rings. The first-order valence-corrected chi connectivity index (χ1v) is 9.61. The minimum Gasteiger partial charge on any atom is -0.355 e. The third kappa shape index (κ3) is 2.31. The Bertz CT molecular complexity index is 626. The summed E-state index contributed by atoms with van der Waals surface area (Å²) in [5, 5.41) is 3.32. The molecule has 24 heavy (non-hydrogen) atoms. The lowest BCUT2D eigenvalue weighted by Crippen LogP contribution is -2.54. The van der Waals surface area contributed by atoms with E-state index >= 15 is 0 Å². The fraction of sp³-hybridized carbons (Fsp3) is 0.667. The number of nitrogens with one attached hydrogen (secondary N) is 1. The summed E-state index contributed by atoms with van der Waals surface area (Å²) in [4.78, 5) is 13.1. The zero-order valence-corrected chi connectivity index (χ0v) is 14.2. The average molecular weight is 327 g/mol. The largest absolute Gasteiger partial charge is 0.355 e. The van der Waals surface area contributed by atoms with Gasteiger partial charge in [0, 0.05) is 17.4 Å². The zero-order valence-electron chi connectivity index (χ0n) is 14.2. The van der Waals surface area contributed by atoms with E-state index in [0.717, 1.165) is 56.4 Å². The van der Waals surface area contributed by atoms with Crippen LogP contribution in [0.5, 0.6) is 0 Å². The van der Waals surface area contributed by atoms with Crippen molar-refractivity contribution in [1.29, 1.82) is 0 Å². The first kappa shape index (κ1) is 14.9. The molecule has 0 aromatic heterocycles. The van der Waals surface area contributed by atoms with Gasteiger partial charge in [0.05, 0.1) is 0 Å². The van der Waals surface area contributed by atoms with E-state index in [0.29, 0.717) is 5.91 Å². The van der Waals surface area contributed by atoms with Crippen LogP contribution in [-0.2, 0) is 10.2 Å². The molecule has 2 nitrogen and oxygen atoms in total.